The summed E-state index contributed by atoms with van der Waals surface area (Å²) in [6.07, 6.45) is 4.91. The van der Waals surface area contributed by atoms with Crippen molar-refractivity contribution in [3.05, 3.63) is 71.8 Å². The molecule has 0 spiro atoms. The molecule has 7 heteroatoms. The predicted octanol–water partition coefficient (Wildman–Crippen LogP) is 4.02. The van der Waals surface area contributed by atoms with Gasteiger partial charge in [0, 0.05) is 11.8 Å². The molecular formula is C21H23NO5S. The lowest BCUT2D eigenvalue weighted by Crippen LogP contribution is -2.12. The molecule has 0 radical (unpaired) electrons. The van der Waals surface area contributed by atoms with Gasteiger partial charge < -0.3 is 9.47 Å². The molecule has 2 aromatic rings. The molecule has 0 fully saturated rings. The Labute approximate surface area is 165 Å². The van der Waals surface area contributed by atoms with E-state index in [0.717, 1.165) is 11.1 Å². The van der Waals surface area contributed by atoms with Crippen molar-refractivity contribution in [1.29, 1.82) is 0 Å². The highest BCUT2D eigenvalue weighted by Crippen LogP contribution is 2.20. The Morgan fingerprint density at radius 1 is 1.04 bits per heavy atom. The van der Waals surface area contributed by atoms with Crippen molar-refractivity contribution in [2.45, 2.75) is 18.7 Å². The number of nitrogens with one attached hydrogen (secondary N) is 1. The highest BCUT2D eigenvalue weighted by atomic mass is 32.2. The third kappa shape index (κ3) is 6.28. The quantitative estimate of drug-likeness (QED) is 0.410. The van der Waals surface area contributed by atoms with Gasteiger partial charge >= 0.3 is 5.97 Å². The first-order valence-corrected chi connectivity index (χ1v) is 10.1. The molecule has 0 amide bonds. The molecule has 28 heavy (non-hydrogen) atoms. The number of sulfonamides is 1. The molecular weight excluding hydrogens is 378 g/mol. The average molecular weight is 401 g/mol. The maximum absolute atomic E-state index is 12.4. The van der Waals surface area contributed by atoms with Crippen LogP contribution in [0.25, 0.3) is 6.08 Å². The minimum atomic E-state index is -3.68. The van der Waals surface area contributed by atoms with Crippen molar-refractivity contribution in [1.82, 2.24) is 0 Å². The highest BCUT2D eigenvalue weighted by molar-refractivity contribution is 7.92. The zero-order valence-electron chi connectivity index (χ0n) is 16.0. The van der Waals surface area contributed by atoms with Crippen LogP contribution in [0.1, 0.15) is 19.4 Å². The number of anilines is 1. The standard InChI is InChI=1S/C21H23NO5S/c1-4-27-21(23)14-5-16(2)15-17-6-8-18(9-7-17)22-28(24,25)20-12-10-19(26-3)11-13-20/h5-15,22H,4H2,1-3H3. The number of ether oxygens (including phenoxy) is 2. The molecule has 2 aromatic carbocycles. The van der Waals surface area contributed by atoms with Crippen LogP contribution in [0.15, 0.2) is 71.2 Å². The SMILES string of the molecule is CCOC(=O)C=CC(C)=Cc1ccc(NS(=O)(=O)c2ccc(OC)cc2)cc1. The molecule has 0 aromatic heterocycles. The average Bonchev–Trinajstić information content (AvgIpc) is 2.68. The number of esters is 1. The van der Waals surface area contributed by atoms with E-state index in [4.69, 9.17) is 9.47 Å². The molecule has 1 N–H and O–H groups in total. The first-order chi connectivity index (χ1) is 13.3. The smallest absolute Gasteiger partial charge is 0.330 e. The van der Waals surface area contributed by atoms with Crippen LogP contribution < -0.4 is 9.46 Å². The van der Waals surface area contributed by atoms with E-state index in [-0.39, 0.29) is 4.90 Å². The van der Waals surface area contributed by atoms with Gasteiger partial charge in [0.05, 0.1) is 18.6 Å². The van der Waals surface area contributed by atoms with Gasteiger partial charge in [0.15, 0.2) is 0 Å². The van der Waals surface area contributed by atoms with Gasteiger partial charge in [-0.2, -0.15) is 0 Å². The number of carbonyl (C=O) groups excluding carboxylic acids is 1. The molecule has 0 atom stereocenters. The first-order valence-electron chi connectivity index (χ1n) is 8.64. The van der Waals surface area contributed by atoms with Crippen LogP contribution in [0.5, 0.6) is 5.75 Å². The zero-order valence-corrected chi connectivity index (χ0v) is 16.8. The monoisotopic (exact) mass is 401 g/mol. The molecule has 148 valence electrons. The molecule has 6 nitrogen and oxygen atoms in total. The van der Waals surface area contributed by atoms with Crippen molar-refractivity contribution >= 4 is 27.8 Å². The molecule has 0 saturated heterocycles. The summed E-state index contributed by atoms with van der Waals surface area (Å²) in [7, 11) is -2.16. The summed E-state index contributed by atoms with van der Waals surface area (Å²) in [5.74, 6) is 0.195. The first kappa shape index (κ1) is 21.2. The van der Waals surface area contributed by atoms with E-state index in [2.05, 4.69) is 4.72 Å². The van der Waals surface area contributed by atoms with E-state index in [1.807, 2.05) is 13.0 Å². The van der Waals surface area contributed by atoms with E-state index < -0.39 is 16.0 Å². The van der Waals surface area contributed by atoms with Crippen molar-refractivity contribution in [3.8, 4) is 5.75 Å². The molecule has 2 rings (SSSR count). The molecule has 0 unspecified atom stereocenters. The number of methoxy groups -OCH3 is 1. The largest absolute Gasteiger partial charge is 0.497 e. The number of allylic oxidation sites excluding steroid dienone is 2. The van der Waals surface area contributed by atoms with Crippen molar-refractivity contribution in [3.63, 3.8) is 0 Å². The molecule has 0 heterocycles. The third-order valence-corrected chi connectivity index (χ3v) is 5.09. The Kier molecular flexibility index (Phi) is 7.40. The predicted molar refractivity (Wildman–Crippen MR) is 110 cm³/mol. The second-order valence-corrected chi connectivity index (χ2v) is 7.56. The van der Waals surface area contributed by atoms with Gasteiger partial charge in [0.1, 0.15) is 5.75 Å². The maximum Gasteiger partial charge on any atom is 0.330 e. The van der Waals surface area contributed by atoms with E-state index in [1.165, 1.54) is 25.3 Å². The van der Waals surface area contributed by atoms with Crippen LogP contribution in [-0.4, -0.2) is 28.1 Å². The number of hydrogen-bond donors (Lipinski definition) is 1. The van der Waals surface area contributed by atoms with Gasteiger partial charge in [0.25, 0.3) is 10.0 Å². The van der Waals surface area contributed by atoms with Gasteiger partial charge in [-0.3, -0.25) is 4.72 Å². The topological polar surface area (TPSA) is 81.7 Å². The second-order valence-electron chi connectivity index (χ2n) is 5.88. The van der Waals surface area contributed by atoms with Gasteiger partial charge in [0.2, 0.25) is 0 Å². The van der Waals surface area contributed by atoms with E-state index in [9.17, 15) is 13.2 Å². The minimum absolute atomic E-state index is 0.150. The summed E-state index contributed by atoms with van der Waals surface area (Å²) in [4.78, 5) is 11.5. The fourth-order valence-electron chi connectivity index (χ4n) is 2.32. The molecule has 0 aliphatic heterocycles. The molecule has 0 aliphatic rings. The van der Waals surface area contributed by atoms with Gasteiger partial charge in [-0.25, -0.2) is 13.2 Å². The van der Waals surface area contributed by atoms with Crippen molar-refractivity contribution < 1.29 is 22.7 Å². The zero-order chi connectivity index (χ0) is 20.6. The second kappa shape index (κ2) is 9.75. The van der Waals surface area contributed by atoms with Crippen molar-refractivity contribution in [2.75, 3.05) is 18.4 Å². The molecule has 0 saturated carbocycles. The Morgan fingerprint density at radius 3 is 2.25 bits per heavy atom. The minimum Gasteiger partial charge on any atom is -0.497 e. The summed E-state index contributed by atoms with van der Waals surface area (Å²) >= 11 is 0. The number of hydrogen-bond acceptors (Lipinski definition) is 5. The Balaban J connectivity index is 2.07. The summed E-state index contributed by atoms with van der Waals surface area (Å²) in [6, 6.07) is 13.1. The Bertz CT molecular complexity index is 959. The fraction of sp³-hybridized carbons (Fsp3) is 0.190. The summed E-state index contributed by atoms with van der Waals surface area (Å²) in [5.41, 5.74) is 2.19. The van der Waals surface area contributed by atoms with Gasteiger partial charge in [-0.05, 0) is 55.8 Å². The third-order valence-electron chi connectivity index (χ3n) is 3.70. The van der Waals surface area contributed by atoms with E-state index in [1.54, 1.807) is 49.4 Å². The van der Waals surface area contributed by atoms with Gasteiger partial charge in [-0.15, -0.1) is 0 Å². The fourth-order valence-corrected chi connectivity index (χ4v) is 3.38. The lowest BCUT2D eigenvalue weighted by atomic mass is 10.1. The lowest BCUT2D eigenvalue weighted by molar-refractivity contribution is -0.137. The maximum atomic E-state index is 12.4. The van der Waals surface area contributed by atoms with Crippen LogP contribution in [0.4, 0.5) is 5.69 Å². The summed E-state index contributed by atoms with van der Waals surface area (Å²) in [5, 5.41) is 0. The van der Waals surface area contributed by atoms with Crippen LogP contribution in [0.3, 0.4) is 0 Å². The Hall–Kier alpha value is -3.06. The Morgan fingerprint density at radius 2 is 1.68 bits per heavy atom. The van der Waals surface area contributed by atoms with Crippen molar-refractivity contribution in [2.24, 2.45) is 0 Å². The van der Waals surface area contributed by atoms with Crippen LogP contribution in [0.2, 0.25) is 0 Å². The van der Waals surface area contributed by atoms with E-state index in [0.29, 0.717) is 18.0 Å². The van der Waals surface area contributed by atoms with Crippen LogP contribution in [-0.2, 0) is 19.6 Å². The summed E-state index contributed by atoms with van der Waals surface area (Å²) < 4.78 is 37.3. The summed E-state index contributed by atoms with van der Waals surface area (Å²) in [6.45, 7) is 3.94. The van der Waals surface area contributed by atoms with E-state index >= 15 is 0 Å². The van der Waals surface area contributed by atoms with Crippen LogP contribution >= 0.6 is 0 Å². The van der Waals surface area contributed by atoms with Gasteiger partial charge in [-0.1, -0.05) is 29.9 Å². The van der Waals surface area contributed by atoms with Crippen LogP contribution in [0, 0.1) is 0 Å². The normalized spacial score (nSPS) is 12.0. The highest BCUT2D eigenvalue weighted by Gasteiger charge is 2.14. The number of rotatable bonds is 8. The number of carbonyl (C=O) groups is 1. The number of benzene rings is 2. The molecule has 0 aliphatic carbocycles. The lowest BCUT2D eigenvalue weighted by Gasteiger charge is -2.09. The molecule has 0 bridgehead atoms.